The summed E-state index contributed by atoms with van der Waals surface area (Å²) in [6.07, 6.45) is 0.868. The highest BCUT2D eigenvalue weighted by atomic mass is 16.6. The predicted octanol–water partition coefficient (Wildman–Crippen LogP) is 0.848. The fraction of sp³-hybridized carbons (Fsp3) is 0.667. The molecule has 8 nitrogen and oxygen atoms in total. The highest BCUT2D eigenvalue weighted by Gasteiger charge is 2.45. The summed E-state index contributed by atoms with van der Waals surface area (Å²) in [5.74, 6) is -0.0313. The van der Waals surface area contributed by atoms with E-state index in [9.17, 15) is 9.59 Å². The second-order valence-electron chi connectivity index (χ2n) is 5.52. The highest BCUT2D eigenvalue weighted by molar-refractivity contribution is 5.88. The molecule has 2 rings (SSSR count). The third kappa shape index (κ3) is 3.44. The quantitative estimate of drug-likeness (QED) is 0.863. The fourth-order valence-electron chi connectivity index (χ4n) is 2.84. The first-order valence-corrected chi connectivity index (χ1v) is 7.51. The third-order valence-corrected chi connectivity index (χ3v) is 3.94. The van der Waals surface area contributed by atoms with Crippen molar-refractivity contribution in [1.29, 1.82) is 0 Å². The van der Waals surface area contributed by atoms with Gasteiger partial charge in [0.25, 0.3) is 0 Å². The summed E-state index contributed by atoms with van der Waals surface area (Å²) >= 11 is 0. The van der Waals surface area contributed by atoms with E-state index in [1.807, 2.05) is 6.92 Å². The molecular weight excluding hydrogens is 302 g/mol. The van der Waals surface area contributed by atoms with E-state index in [1.165, 1.54) is 11.5 Å². The van der Waals surface area contributed by atoms with Crippen LogP contribution >= 0.6 is 0 Å². The molecule has 0 saturated carbocycles. The van der Waals surface area contributed by atoms with E-state index in [2.05, 4.69) is 10.3 Å². The number of carbonyl (C=O) groups excluding carboxylic acids is 1. The van der Waals surface area contributed by atoms with Crippen LogP contribution in [0.15, 0.2) is 11.0 Å². The van der Waals surface area contributed by atoms with E-state index in [0.717, 1.165) is 6.42 Å². The van der Waals surface area contributed by atoms with Gasteiger partial charge >= 0.3 is 5.69 Å². The van der Waals surface area contributed by atoms with Crippen molar-refractivity contribution in [2.24, 2.45) is 0 Å². The highest BCUT2D eigenvalue weighted by Crippen LogP contribution is 2.33. The summed E-state index contributed by atoms with van der Waals surface area (Å²) in [5, 5.41) is 2.54. The Labute approximate surface area is 134 Å². The first-order valence-electron chi connectivity index (χ1n) is 7.51. The van der Waals surface area contributed by atoms with Gasteiger partial charge < -0.3 is 19.5 Å². The summed E-state index contributed by atoms with van der Waals surface area (Å²) in [7, 11) is 3.15. The predicted molar refractivity (Wildman–Crippen MR) is 83.3 cm³/mol. The van der Waals surface area contributed by atoms with Crippen LogP contribution in [0.25, 0.3) is 0 Å². The molecule has 0 bridgehead atoms. The Kier molecular flexibility index (Phi) is 5.51. The van der Waals surface area contributed by atoms with Gasteiger partial charge in [0, 0.05) is 32.9 Å². The van der Waals surface area contributed by atoms with E-state index in [-0.39, 0.29) is 23.9 Å². The van der Waals surface area contributed by atoms with Gasteiger partial charge in [-0.1, -0.05) is 6.92 Å². The summed E-state index contributed by atoms with van der Waals surface area (Å²) in [5.41, 5.74) is 0.144. The molecule has 1 saturated heterocycles. The molecule has 0 spiro atoms. The first kappa shape index (κ1) is 17.6. The second-order valence-corrected chi connectivity index (χ2v) is 5.52. The number of methoxy groups -OCH3 is 2. The molecular formula is C15H23N3O5. The lowest BCUT2D eigenvalue weighted by atomic mass is 10.1. The van der Waals surface area contributed by atoms with E-state index in [0.29, 0.717) is 5.56 Å². The zero-order valence-corrected chi connectivity index (χ0v) is 14.0. The molecule has 1 aliphatic heterocycles. The maximum atomic E-state index is 12.3. The van der Waals surface area contributed by atoms with Crippen molar-refractivity contribution in [2.45, 2.75) is 51.7 Å². The molecule has 1 amide bonds. The zero-order chi connectivity index (χ0) is 17.1. The normalized spacial score (nSPS) is 27.2. The maximum Gasteiger partial charge on any atom is 0.351 e. The van der Waals surface area contributed by atoms with Crippen molar-refractivity contribution in [2.75, 3.05) is 19.5 Å². The standard InChI is InChI=1S/C15H23N3O5/c1-6-10-11(21-4)12(22-5)14(23-10)18-7-8(2)13(16-9(3)19)17-15(18)20/h7,10-12,14H,6H2,1-5H3,(H,16,17,19,20)/t10-,11+,12?,14-/m1/s1. The van der Waals surface area contributed by atoms with Crippen LogP contribution in [0.1, 0.15) is 32.1 Å². The largest absolute Gasteiger partial charge is 0.376 e. The molecule has 2 heterocycles. The Balaban J connectivity index is 2.39. The zero-order valence-electron chi connectivity index (χ0n) is 14.0. The van der Waals surface area contributed by atoms with Crippen LogP contribution in [0.4, 0.5) is 5.82 Å². The number of rotatable bonds is 5. The monoisotopic (exact) mass is 325 g/mol. The molecule has 1 aromatic rings. The van der Waals surface area contributed by atoms with Gasteiger partial charge in [0.15, 0.2) is 6.23 Å². The van der Waals surface area contributed by atoms with E-state index in [1.54, 1.807) is 27.3 Å². The number of aromatic nitrogens is 2. The molecule has 1 aliphatic rings. The molecule has 1 unspecified atom stereocenters. The molecule has 23 heavy (non-hydrogen) atoms. The molecule has 0 radical (unpaired) electrons. The van der Waals surface area contributed by atoms with Gasteiger partial charge in [-0.15, -0.1) is 0 Å². The number of hydrogen-bond acceptors (Lipinski definition) is 6. The summed E-state index contributed by atoms with van der Waals surface area (Å²) < 4.78 is 18.3. The van der Waals surface area contributed by atoms with E-state index >= 15 is 0 Å². The number of carbonyl (C=O) groups is 1. The molecule has 1 fully saturated rings. The maximum absolute atomic E-state index is 12.3. The van der Waals surface area contributed by atoms with Crippen molar-refractivity contribution < 1.29 is 19.0 Å². The van der Waals surface area contributed by atoms with Crippen LogP contribution < -0.4 is 11.0 Å². The minimum atomic E-state index is -0.625. The third-order valence-electron chi connectivity index (χ3n) is 3.94. The van der Waals surface area contributed by atoms with Gasteiger partial charge in [-0.25, -0.2) is 4.79 Å². The Morgan fingerprint density at radius 2 is 2.04 bits per heavy atom. The Morgan fingerprint density at radius 3 is 2.57 bits per heavy atom. The van der Waals surface area contributed by atoms with Crippen molar-refractivity contribution >= 4 is 11.7 Å². The number of aryl methyl sites for hydroxylation is 1. The summed E-state index contributed by atoms with van der Waals surface area (Å²) in [6, 6.07) is 0. The van der Waals surface area contributed by atoms with Crippen LogP contribution in [0.2, 0.25) is 0 Å². The van der Waals surface area contributed by atoms with Gasteiger partial charge in [-0.2, -0.15) is 4.98 Å². The molecule has 8 heteroatoms. The van der Waals surface area contributed by atoms with Crippen molar-refractivity contribution in [3.05, 3.63) is 22.2 Å². The van der Waals surface area contributed by atoms with E-state index in [4.69, 9.17) is 14.2 Å². The Hall–Kier alpha value is -1.77. The van der Waals surface area contributed by atoms with Crippen LogP contribution in [0.5, 0.6) is 0 Å². The average molecular weight is 325 g/mol. The van der Waals surface area contributed by atoms with Gasteiger partial charge in [-0.3, -0.25) is 9.36 Å². The van der Waals surface area contributed by atoms with Crippen molar-refractivity contribution in [1.82, 2.24) is 9.55 Å². The lowest BCUT2D eigenvalue weighted by Crippen LogP contribution is -2.38. The minimum Gasteiger partial charge on any atom is -0.376 e. The number of amides is 1. The van der Waals surface area contributed by atoms with Gasteiger partial charge in [0.1, 0.15) is 18.0 Å². The molecule has 4 atom stereocenters. The fourth-order valence-corrected chi connectivity index (χ4v) is 2.84. The number of ether oxygens (including phenoxy) is 3. The summed E-state index contributed by atoms with van der Waals surface area (Å²) in [4.78, 5) is 27.4. The number of anilines is 1. The number of nitrogens with one attached hydrogen (secondary N) is 1. The lowest BCUT2D eigenvalue weighted by Gasteiger charge is -2.22. The molecule has 128 valence electrons. The van der Waals surface area contributed by atoms with Crippen molar-refractivity contribution in [3.8, 4) is 0 Å². The molecule has 0 aromatic carbocycles. The van der Waals surface area contributed by atoms with Crippen LogP contribution in [-0.2, 0) is 19.0 Å². The number of nitrogens with zero attached hydrogens (tertiary/aromatic N) is 2. The van der Waals surface area contributed by atoms with E-state index < -0.39 is 18.0 Å². The van der Waals surface area contributed by atoms with Gasteiger partial charge in [-0.05, 0) is 13.3 Å². The lowest BCUT2D eigenvalue weighted by molar-refractivity contribution is -0.114. The molecule has 0 aliphatic carbocycles. The average Bonchev–Trinajstić information content (AvgIpc) is 2.87. The van der Waals surface area contributed by atoms with Crippen LogP contribution in [0.3, 0.4) is 0 Å². The first-order chi connectivity index (χ1) is 10.9. The van der Waals surface area contributed by atoms with Crippen LogP contribution in [0, 0.1) is 6.92 Å². The van der Waals surface area contributed by atoms with Crippen LogP contribution in [-0.4, -0.2) is 48.0 Å². The second kappa shape index (κ2) is 7.20. The topological polar surface area (TPSA) is 91.7 Å². The molecule has 1 N–H and O–H groups in total. The van der Waals surface area contributed by atoms with Gasteiger partial charge in [0.2, 0.25) is 5.91 Å². The Morgan fingerprint density at radius 1 is 1.39 bits per heavy atom. The smallest absolute Gasteiger partial charge is 0.351 e. The summed E-state index contributed by atoms with van der Waals surface area (Å²) in [6.45, 7) is 5.11. The Bertz CT molecular complexity index is 630. The minimum absolute atomic E-state index is 0.169. The van der Waals surface area contributed by atoms with Crippen molar-refractivity contribution in [3.63, 3.8) is 0 Å². The SMILES string of the molecule is CC[C@H]1O[C@@H](n2cc(C)c(NC(C)=O)nc2=O)C(OC)[C@H]1OC. The van der Waals surface area contributed by atoms with Gasteiger partial charge in [0.05, 0.1) is 6.10 Å². The molecule has 1 aromatic heterocycles. The number of hydrogen-bond donors (Lipinski definition) is 1.